The molecule has 8 heteroatoms. The van der Waals surface area contributed by atoms with Crippen LogP contribution in [0.4, 0.5) is 0 Å². The van der Waals surface area contributed by atoms with E-state index in [1.54, 1.807) is 4.90 Å². The fourth-order valence-corrected chi connectivity index (χ4v) is 4.76. The number of aliphatic carboxylic acids is 1. The van der Waals surface area contributed by atoms with Crippen molar-refractivity contribution < 1.29 is 23.1 Å². The lowest BCUT2D eigenvalue weighted by molar-refractivity contribution is -0.148. The van der Waals surface area contributed by atoms with E-state index in [1.807, 2.05) is 31.2 Å². The van der Waals surface area contributed by atoms with Gasteiger partial charge in [-0.3, -0.25) is 9.59 Å². The molecule has 7 nitrogen and oxygen atoms in total. The fourth-order valence-electron chi connectivity index (χ4n) is 3.85. The van der Waals surface area contributed by atoms with Gasteiger partial charge < -0.3 is 10.0 Å². The van der Waals surface area contributed by atoms with Gasteiger partial charge in [0.2, 0.25) is 15.9 Å². The van der Waals surface area contributed by atoms with E-state index in [0.29, 0.717) is 0 Å². The SMILES string of the molecule is Cc1ccccc1CC(=O)N1C[C@@H]2CN(S(C)(=O)=O)C[C@]2(C(=O)O)C1. The van der Waals surface area contributed by atoms with Gasteiger partial charge in [-0.2, -0.15) is 0 Å². The van der Waals surface area contributed by atoms with E-state index in [1.165, 1.54) is 4.31 Å². The summed E-state index contributed by atoms with van der Waals surface area (Å²) in [6, 6.07) is 7.60. The van der Waals surface area contributed by atoms with Crippen molar-refractivity contribution in [1.29, 1.82) is 0 Å². The Balaban J connectivity index is 1.77. The first-order valence-corrected chi connectivity index (χ1v) is 9.99. The lowest BCUT2D eigenvalue weighted by Gasteiger charge is -2.24. The molecule has 2 aliphatic heterocycles. The third kappa shape index (κ3) is 3.16. The summed E-state index contributed by atoms with van der Waals surface area (Å²) in [6.45, 7) is 2.36. The van der Waals surface area contributed by atoms with Crippen LogP contribution in [0.15, 0.2) is 24.3 Å². The van der Waals surface area contributed by atoms with Crippen molar-refractivity contribution in [3.8, 4) is 0 Å². The van der Waals surface area contributed by atoms with Crippen LogP contribution in [0, 0.1) is 18.3 Å². The van der Waals surface area contributed by atoms with E-state index in [-0.39, 0.29) is 44.4 Å². The van der Waals surface area contributed by atoms with Gasteiger partial charge in [-0.1, -0.05) is 24.3 Å². The first-order chi connectivity index (χ1) is 11.6. The van der Waals surface area contributed by atoms with Gasteiger partial charge in [-0.05, 0) is 18.1 Å². The lowest BCUT2D eigenvalue weighted by atomic mass is 9.81. The number of carbonyl (C=O) groups is 2. The second-order valence-electron chi connectivity index (χ2n) is 7.09. The summed E-state index contributed by atoms with van der Waals surface area (Å²) in [6.07, 6.45) is 1.32. The normalized spacial score (nSPS) is 26.6. The highest BCUT2D eigenvalue weighted by Gasteiger charge is 2.59. The predicted octanol–water partition coefficient (Wildman–Crippen LogP) is 0.342. The molecule has 2 saturated heterocycles. The number of aryl methyl sites for hydroxylation is 1. The van der Waals surface area contributed by atoms with Gasteiger partial charge in [-0.25, -0.2) is 12.7 Å². The number of likely N-dealkylation sites (tertiary alicyclic amines) is 1. The van der Waals surface area contributed by atoms with Gasteiger partial charge in [0, 0.05) is 32.1 Å². The molecule has 2 atom stereocenters. The topological polar surface area (TPSA) is 95.0 Å². The molecule has 0 aliphatic carbocycles. The maximum atomic E-state index is 12.6. The summed E-state index contributed by atoms with van der Waals surface area (Å²) in [4.78, 5) is 26.1. The van der Waals surface area contributed by atoms with Crippen molar-refractivity contribution in [2.75, 3.05) is 32.4 Å². The van der Waals surface area contributed by atoms with Crippen molar-refractivity contribution >= 4 is 21.9 Å². The second-order valence-corrected chi connectivity index (χ2v) is 9.07. The minimum absolute atomic E-state index is 0.0593. The molecule has 1 amide bonds. The van der Waals surface area contributed by atoms with Crippen LogP contribution in [0.1, 0.15) is 11.1 Å². The molecule has 1 aromatic carbocycles. The average Bonchev–Trinajstić information content (AvgIpc) is 3.04. The van der Waals surface area contributed by atoms with E-state index < -0.39 is 21.4 Å². The monoisotopic (exact) mass is 366 g/mol. The van der Waals surface area contributed by atoms with E-state index in [4.69, 9.17) is 0 Å². The molecule has 0 radical (unpaired) electrons. The van der Waals surface area contributed by atoms with E-state index in [2.05, 4.69) is 0 Å². The Hall–Kier alpha value is -1.93. The highest BCUT2D eigenvalue weighted by molar-refractivity contribution is 7.88. The highest BCUT2D eigenvalue weighted by Crippen LogP contribution is 2.43. The summed E-state index contributed by atoms with van der Waals surface area (Å²) in [7, 11) is -3.44. The molecule has 136 valence electrons. The first kappa shape index (κ1) is 17.9. The zero-order chi connectivity index (χ0) is 18.4. The zero-order valence-electron chi connectivity index (χ0n) is 14.3. The van der Waals surface area contributed by atoms with Gasteiger partial charge in [0.1, 0.15) is 5.41 Å². The Kier molecular flexibility index (Phi) is 4.36. The smallest absolute Gasteiger partial charge is 0.313 e. The summed E-state index contributed by atoms with van der Waals surface area (Å²) in [5.41, 5.74) is 0.739. The number of hydrogen-bond acceptors (Lipinski definition) is 4. The van der Waals surface area contributed by atoms with Crippen LogP contribution in [0.3, 0.4) is 0 Å². The molecule has 0 saturated carbocycles. The minimum Gasteiger partial charge on any atom is -0.481 e. The van der Waals surface area contributed by atoms with Crippen LogP contribution in [0.25, 0.3) is 0 Å². The molecule has 25 heavy (non-hydrogen) atoms. The Morgan fingerprint density at radius 3 is 2.48 bits per heavy atom. The summed E-state index contributed by atoms with van der Waals surface area (Å²) < 4.78 is 24.8. The first-order valence-electron chi connectivity index (χ1n) is 8.14. The van der Waals surface area contributed by atoms with E-state index >= 15 is 0 Å². The third-order valence-electron chi connectivity index (χ3n) is 5.43. The van der Waals surface area contributed by atoms with Crippen LogP contribution in [-0.2, 0) is 26.0 Å². The number of amides is 1. The maximum absolute atomic E-state index is 12.6. The number of hydrogen-bond donors (Lipinski definition) is 1. The van der Waals surface area contributed by atoms with Crippen molar-refractivity contribution in [2.45, 2.75) is 13.3 Å². The molecular weight excluding hydrogens is 344 g/mol. The number of sulfonamides is 1. The van der Waals surface area contributed by atoms with Gasteiger partial charge in [0.05, 0.1) is 12.7 Å². The van der Waals surface area contributed by atoms with Gasteiger partial charge in [0.15, 0.2) is 0 Å². The van der Waals surface area contributed by atoms with Crippen molar-refractivity contribution in [1.82, 2.24) is 9.21 Å². The number of carbonyl (C=O) groups excluding carboxylic acids is 1. The van der Waals surface area contributed by atoms with Crippen molar-refractivity contribution in [3.05, 3.63) is 35.4 Å². The third-order valence-corrected chi connectivity index (χ3v) is 6.64. The number of nitrogens with zero attached hydrogens (tertiary/aromatic N) is 2. The molecule has 1 aromatic rings. The minimum atomic E-state index is -3.44. The van der Waals surface area contributed by atoms with Crippen LogP contribution >= 0.6 is 0 Å². The Labute approximate surface area is 147 Å². The van der Waals surface area contributed by atoms with Crippen LogP contribution in [0.2, 0.25) is 0 Å². The van der Waals surface area contributed by atoms with Crippen molar-refractivity contribution in [3.63, 3.8) is 0 Å². The Morgan fingerprint density at radius 1 is 1.24 bits per heavy atom. The van der Waals surface area contributed by atoms with Gasteiger partial charge in [0.25, 0.3) is 0 Å². The Bertz CT molecular complexity index is 822. The number of carboxylic acid groups (broad SMARTS) is 1. The number of carboxylic acids is 1. The molecule has 0 bridgehead atoms. The number of fused-ring (bicyclic) bond motifs is 1. The lowest BCUT2D eigenvalue weighted by Crippen LogP contribution is -2.43. The van der Waals surface area contributed by atoms with Gasteiger partial charge >= 0.3 is 5.97 Å². The fraction of sp³-hybridized carbons (Fsp3) is 0.529. The standard InChI is InChI=1S/C17H22N2O5S/c1-12-5-3-4-6-13(12)7-15(20)18-8-14-9-19(25(2,23)24)11-17(14,10-18)16(21)22/h3-6,14H,7-11H2,1-2H3,(H,21,22)/t14-,17-/m1/s1. The summed E-state index contributed by atoms with van der Waals surface area (Å²) >= 11 is 0. The van der Waals surface area contributed by atoms with E-state index in [0.717, 1.165) is 17.4 Å². The second kappa shape index (κ2) is 6.10. The molecular formula is C17H22N2O5S. The molecule has 0 spiro atoms. The molecule has 3 rings (SSSR count). The average molecular weight is 366 g/mol. The summed E-state index contributed by atoms with van der Waals surface area (Å²) in [5.74, 6) is -1.52. The molecule has 1 N–H and O–H groups in total. The zero-order valence-corrected chi connectivity index (χ0v) is 15.1. The molecule has 2 aliphatic rings. The number of benzene rings is 1. The van der Waals surface area contributed by atoms with Gasteiger partial charge in [-0.15, -0.1) is 0 Å². The highest BCUT2D eigenvalue weighted by atomic mass is 32.2. The quantitative estimate of drug-likeness (QED) is 0.829. The molecule has 0 aromatic heterocycles. The van der Waals surface area contributed by atoms with Crippen molar-refractivity contribution in [2.24, 2.45) is 11.3 Å². The molecule has 0 unspecified atom stereocenters. The Morgan fingerprint density at radius 2 is 1.92 bits per heavy atom. The van der Waals surface area contributed by atoms with Crippen LogP contribution in [-0.4, -0.2) is 67.0 Å². The molecule has 2 heterocycles. The molecule has 2 fully saturated rings. The summed E-state index contributed by atoms with van der Waals surface area (Å²) in [5, 5.41) is 9.73. The largest absolute Gasteiger partial charge is 0.481 e. The number of rotatable bonds is 4. The predicted molar refractivity (Wildman–Crippen MR) is 91.4 cm³/mol. The van der Waals surface area contributed by atoms with Crippen LogP contribution < -0.4 is 0 Å². The van der Waals surface area contributed by atoms with Crippen LogP contribution in [0.5, 0.6) is 0 Å². The maximum Gasteiger partial charge on any atom is 0.313 e. The van der Waals surface area contributed by atoms with E-state index in [9.17, 15) is 23.1 Å².